The highest BCUT2D eigenvalue weighted by Gasteiger charge is 2.34. The van der Waals surface area contributed by atoms with Gasteiger partial charge in [0.05, 0.1) is 0 Å². The van der Waals surface area contributed by atoms with Crippen molar-refractivity contribution in [1.29, 1.82) is 0 Å². The number of thioether (sulfide) groups is 1. The van der Waals surface area contributed by atoms with Gasteiger partial charge in [0.15, 0.2) is 10.8 Å². The number of hydrogen-bond donors (Lipinski definition) is 0. The summed E-state index contributed by atoms with van der Waals surface area (Å²) >= 11 is 1.39. The Labute approximate surface area is 114 Å². The molecule has 7 heteroatoms. The Balaban J connectivity index is 1.96. The minimum absolute atomic E-state index is 0.0225. The van der Waals surface area contributed by atoms with Crippen molar-refractivity contribution < 1.29 is 9.53 Å². The predicted molar refractivity (Wildman–Crippen MR) is 70.1 cm³/mol. The Kier molecular flexibility index (Phi) is 2.93. The maximum Gasteiger partial charge on any atom is 0.319 e. The van der Waals surface area contributed by atoms with E-state index in [1.54, 1.807) is 0 Å². The summed E-state index contributed by atoms with van der Waals surface area (Å²) in [7, 11) is 0. The summed E-state index contributed by atoms with van der Waals surface area (Å²) in [6, 6.07) is 1.87. The lowest BCUT2D eigenvalue weighted by Gasteiger charge is -2.05. The van der Waals surface area contributed by atoms with E-state index >= 15 is 0 Å². The summed E-state index contributed by atoms with van der Waals surface area (Å²) in [6.45, 7) is 5.73. The lowest BCUT2D eigenvalue weighted by atomic mass is 10.3. The molecule has 0 N–H and O–H groups in total. The number of cyclic esters (lactones) is 1. The normalized spacial score (nSPS) is 23.0. The molecule has 2 aromatic heterocycles. The second-order valence-electron chi connectivity index (χ2n) is 4.71. The Morgan fingerprint density at radius 2 is 2.21 bits per heavy atom. The zero-order chi connectivity index (χ0) is 13.6. The van der Waals surface area contributed by atoms with Gasteiger partial charge in [0.2, 0.25) is 0 Å². The van der Waals surface area contributed by atoms with Crippen LogP contribution >= 0.6 is 11.8 Å². The Morgan fingerprint density at radius 1 is 1.42 bits per heavy atom. The molecule has 100 valence electrons. The molecular formula is C12H14N4O2S. The van der Waals surface area contributed by atoms with Crippen molar-refractivity contribution in [1.82, 2.24) is 19.6 Å². The molecule has 1 aliphatic rings. The van der Waals surface area contributed by atoms with Crippen molar-refractivity contribution >= 4 is 23.4 Å². The highest BCUT2D eigenvalue weighted by Crippen LogP contribution is 2.31. The van der Waals surface area contributed by atoms with Crippen LogP contribution in [0, 0.1) is 13.8 Å². The number of rotatable bonds is 2. The van der Waals surface area contributed by atoms with Gasteiger partial charge in [-0.25, -0.2) is 4.98 Å². The topological polar surface area (TPSA) is 69.4 Å². The molecule has 2 atom stereocenters. The maximum atomic E-state index is 11.7. The van der Waals surface area contributed by atoms with Gasteiger partial charge in [-0.05, 0) is 20.8 Å². The van der Waals surface area contributed by atoms with Crippen LogP contribution < -0.4 is 0 Å². The van der Waals surface area contributed by atoms with E-state index in [1.165, 1.54) is 11.8 Å². The molecule has 19 heavy (non-hydrogen) atoms. The van der Waals surface area contributed by atoms with Gasteiger partial charge in [-0.3, -0.25) is 9.20 Å². The first kappa shape index (κ1) is 12.4. The van der Waals surface area contributed by atoms with Crippen LogP contribution in [0.2, 0.25) is 0 Å². The second kappa shape index (κ2) is 4.48. The van der Waals surface area contributed by atoms with Crippen molar-refractivity contribution in [2.45, 2.75) is 43.7 Å². The first-order valence-corrected chi connectivity index (χ1v) is 6.99. The van der Waals surface area contributed by atoms with E-state index in [0.29, 0.717) is 11.6 Å². The van der Waals surface area contributed by atoms with Crippen LogP contribution in [-0.2, 0) is 9.53 Å². The quantitative estimate of drug-likeness (QED) is 0.776. The molecule has 3 rings (SSSR count). The number of nitrogens with zero attached hydrogens (tertiary/aromatic N) is 4. The van der Waals surface area contributed by atoms with E-state index in [4.69, 9.17) is 4.74 Å². The van der Waals surface area contributed by atoms with Gasteiger partial charge in [0.25, 0.3) is 0 Å². The summed E-state index contributed by atoms with van der Waals surface area (Å²) in [5.74, 6) is 0.647. The highest BCUT2D eigenvalue weighted by atomic mass is 32.2. The van der Waals surface area contributed by atoms with E-state index < -0.39 is 0 Å². The van der Waals surface area contributed by atoms with E-state index in [9.17, 15) is 4.79 Å². The zero-order valence-corrected chi connectivity index (χ0v) is 11.8. The van der Waals surface area contributed by atoms with Gasteiger partial charge in [-0.1, -0.05) is 11.8 Å². The molecule has 1 saturated heterocycles. The molecule has 0 unspecified atom stereocenters. The molecule has 1 fully saturated rings. The molecule has 3 heterocycles. The fourth-order valence-electron chi connectivity index (χ4n) is 2.22. The van der Waals surface area contributed by atoms with Crippen LogP contribution in [0.4, 0.5) is 0 Å². The number of aryl methyl sites for hydroxylation is 2. The number of carbonyl (C=O) groups excluding carboxylic acids is 1. The molecule has 0 spiro atoms. The minimum atomic E-state index is -0.205. The lowest BCUT2D eigenvalue weighted by Crippen LogP contribution is -2.10. The van der Waals surface area contributed by atoms with Crippen LogP contribution in [0.5, 0.6) is 0 Å². The van der Waals surface area contributed by atoms with Crippen molar-refractivity contribution in [2.75, 3.05) is 0 Å². The van der Waals surface area contributed by atoms with Gasteiger partial charge >= 0.3 is 5.97 Å². The Hall–Kier alpha value is -1.63. The van der Waals surface area contributed by atoms with Gasteiger partial charge in [0.1, 0.15) is 17.2 Å². The molecule has 0 bridgehead atoms. The average Bonchev–Trinajstić information content (AvgIpc) is 2.84. The van der Waals surface area contributed by atoms with Crippen LogP contribution in [0.25, 0.3) is 5.65 Å². The average molecular weight is 278 g/mol. The van der Waals surface area contributed by atoms with Gasteiger partial charge in [-0.2, -0.15) is 0 Å². The molecule has 0 saturated carbocycles. The summed E-state index contributed by atoms with van der Waals surface area (Å²) in [5.41, 5.74) is 1.66. The van der Waals surface area contributed by atoms with Crippen molar-refractivity contribution in [2.24, 2.45) is 0 Å². The molecule has 1 aliphatic heterocycles. The number of ether oxygens (including phenoxy) is 1. The third-order valence-electron chi connectivity index (χ3n) is 3.03. The first-order chi connectivity index (χ1) is 9.04. The van der Waals surface area contributed by atoms with E-state index in [-0.39, 0.29) is 17.3 Å². The standard InChI is InChI=1S/C12H14N4O2S/c1-6-4-10-14-15-12(16(10)8(3)13-6)19-9-5-7(2)18-11(9)17/h4,7,9H,5H2,1-3H3/t7-,9+/m0/s1. The molecule has 6 nitrogen and oxygen atoms in total. The largest absolute Gasteiger partial charge is 0.462 e. The molecule has 0 aliphatic carbocycles. The fourth-order valence-corrected chi connectivity index (χ4v) is 3.42. The minimum Gasteiger partial charge on any atom is -0.462 e. The summed E-state index contributed by atoms with van der Waals surface area (Å²) in [6.07, 6.45) is 0.683. The number of esters is 1. The number of hydrogen-bond acceptors (Lipinski definition) is 6. The molecule has 0 radical (unpaired) electrons. The monoisotopic (exact) mass is 278 g/mol. The molecule has 0 amide bonds. The summed E-state index contributed by atoms with van der Waals surface area (Å²) in [5, 5.41) is 8.76. The fraction of sp³-hybridized carbons (Fsp3) is 0.500. The van der Waals surface area contributed by atoms with Gasteiger partial charge < -0.3 is 4.74 Å². The zero-order valence-electron chi connectivity index (χ0n) is 11.0. The van der Waals surface area contributed by atoms with E-state index in [0.717, 1.165) is 17.2 Å². The second-order valence-corrected chi connectivity index (χ2v) is 5.88. The van der Waals surface area contributed by atoms with Crippen LogP contribution in [0.1, 0.15) is 24.9 Å². The smallest absolute Gasteiger partial charge is 0.319 e. The number of aromatic nitrogens is 4. The predicted octanol–water partition coefficient (Wildman–Crippen LogP) is 1.54. The van der Waals surface area contributed by atoms with Crippen molar-refractivity contribution in [3.8, 4) is 0 Å². The Bertz CT molecular complexity index is 654. The first-order valence-electron chi connectivity index (χ1n) is 6.11. The summed E-state index contributed by atoms with van der Waals surface area (Å²) < 4.78 is 7.02. The summed E-state index contributed by atoms with van der Waals surface area (Å²) in [4.78, 5) is 16.1. The maximum absolute atomic E-state index is 11.7. The molecule has 0 aromatic carbocycles. The third-order valence-corrected chi connectivity index (χ3v) is 4.18. The Morgan fingerprint density at radius 3 is 2.89 bits per heavy atom. The number of carbonyl (C=O) groups is 1. The SMILES string of the molecule is Cc1cc2nnc(S[C@@H]3C[C@H](C)OC3=O)n2c(C)n1. The number of fused-ring (bicyclic) bond motifs is 1. The van der Waals surface area contributed by atoms with Gasteiger partial charge in [-0.15, -0.1) is 10.2 Å². The van der Waals surface area contributed by atoms with E-state index in [1.807, 2.05) is 31.2 Å². The van der Waals surface area contributed by atoms with Gasteiger partial charge in [0, 0.05) is 18.2 Å². The van der Waals surface area contributed by atoms with Crippen molar-refractivity contribution in [3.05, 3.63) is 17.6 Å². The van der Waals surface area contributed by atoms with E-state index in [2.05, 4.69) is 15.2 Å². The van der Waals surface area contributed by atoms with Crippen LogP contribution in [0.3, 0.4) is 0 Å². The van der Waals surface area contributed by atoms with Crippen molar-refractivity contribution in [3.63, 3.8) is 0 Å². The third kappa shape index (κ3) is 2.18. The lowest BCUT2D eigenvalue weighted by molar-refractivity contribution is -0.140. The highest BCUT2D eigenvalue weighted by molar-refractivity contribution is 8.00. The molecule has 2 aromatic rings. The molecular weight excluding hydrogens is 264 g/mol. The van der Waals surface area contributed by atoms with Crippen LogP contribution in [-0.4, -0.2) is 36.9 Å². The van der Waals surface area contributed by atoms with Crippen LogP contribution in [0.15, 0.2) is 11.2 Å².